The number of hydrogen-bond donors (Lipinski definition) is 0. The largest absolute Gasteiger partial charge is 0.470 e. The molecule has 1 aromatic heterocycles. The smallest absolute Gasteiger partial charge is 0.417 e. The second-order valence-electron chi connectivity index (χ2n) is 5.85. The summed E-state index contributed by atoms with van der Waals surface area (Å²) in [7, 11) is 0. The summed E-state index contributed by atoms with van der Waals surface area (Å²) in [6, 6.07) is 7.23. The average Bonchev–Trinajstić information content (AvgIpc) is 3.05. The van der Waals surface area contributed by atoms with Crippen LogP contribution in [0.1, 0.15) is 46.5 Å². The van der Waals surface area contributed by atoms with Crippen molar-refractivity contribution in [3.05, 3.63) is 47.2 Å². The van der Waals surface area contributed by atoms with Crippen LogP contribution in [0, 0.1) is 6.92 Å². The van der Waals surface area contributed by atoms with Crippen LogP contribution in [0.5, 0.6) is 0 Å². The van der Waals surface area contributed by atoms with Crippen LogP contribution >= 0.6 is 0 Å². The lowest BCUT2D eigenvalue weighted by Gasteiger charge is -2.31. The van der Waals surface area contributed by atoms with Crippen molar-refractivity contribution in [2.45, 2.75) is 31.9 Å². The molecule has 0 radical (unpaired) electrons. The quantitative estimate of drug-likeness (QED) is 0.841. The Morgan fingerprint density at radius 2 is 2.04 bits per heavy atom. The molecule has 1 atom stereocenters. The molecule has 3 rings (SSSR count). The molecular formula is C16H16F3N3O2. The predicted octanol–water partition coefficient (Wildman–Crippen LogP) is 3.42. The number of carbonyl (C=O) groups is 1. The molecule has 24 heavy (non-hydrogen) atoms. The van der Waals surface area contributed by atoms with Crippen LogP contribution in [-0.4, -0.2) is 34.1 Å². The van der Waals surface area contributed by atoms with Gasteiger partial charge in [0.2, 0.25) is 5.89 Å². The van der Waals surface area contributed by atoms with E-state index in [-0.39, 0.29) is 24.3 Å². The minimum absolute atomic E-state index is 0.0652. The van der Waals surface area contributed by atoms with E-state index in [1.165, 1.54) is 0 Å². The summed E-state index contributed by atoms with van der Waals surface area (Å²) >= 11 is 0. The van der Waals surface area contributed by atoms with Crippen molar-refractivity contribution >= 4 is 5.91 Å². The first-order chi connectivity index (χ1) is 11.4. The second kappa shape index (κ2) is 6.26. The van der Waals surface area contributed by atoms with Crippen molar-refractivity contribution in [3.63, 3.8) is 0 Å². The second-order valence-corrected chi connectivity index (χ2v) is 5.85. The number of nitrogens with zero attached hydrogens (tertiary/aromatic N) is 3. The van der Waals surface area contributed by atoms with E-state index in [4.69, 9.17) is 4.42 Å². The van der Waals surface area contributed by atoms with E-state index >= 15 is 0 Å². The molecule has 0 saturated carbocycles. The monoisotopic (exact) mass is 339 g/mol. The van der Waals surface area contributed by atoms with Gasteiger partial charge in [0.05, 0.1) is 5.92 Å². The maximum absolute atomic E-state index is 12.6. The van der Waals surface area contributed by atoms with Crippen LogP contribution in [-0.2, 0) is 6.18 Å². The summed E-state index contributed by atoms with van der Waals surface area (Å²) in [4.78, 5) is 14.3. The molecule has 0 aliphatic carbocycles. The Balaban J connectivity index is 1.76. The van der Waals surface area contributed by atoms with Gasteiger partial charge in [-0.1, -0.05) is 18.2 Å². The van der Waals surface area contributed by atoms with Crippen molar-refractivity contribution in [1.29, 1.82) is 0 Å². The van der Waals surface area contributed by atoms with Crippen LogP contribution in [0.4, 0.5) is 13.2 Å². The first-order valence-corrected chi connectivity index (χ1v) is 7.62. The standard InChI is InChI=1S/C16H16F3N3O2/c1-10-5-2-3-7-12(10)14(23)22-8-4-6-11(9-22)13-20-21-15(24-13)16(17,18)19/h2-3,5,7,11H,4,6,8-9H2,1H3. The third-order valence-corrected chi connectivity index (χ3v) is 4.12. The molecule has 2 aromatic rings. The molecule has 1 amide bonds. The summed E-state index contributed by atoms with van der Waals surface area (Å²) in [5.74, 6) is -1.92. The number of alkyl halides is 3. The lowest BCUT2D eigenvalue weighted by Crippen LogP contribution is -2.39. The van der Waals surface area contributed by atoms with Gasteiger partial charge in [-0.15, -0.1) is 10.2 Å². The number of halogens is 3. The third-order valence-electron chi connectivity index (χ3n) is 4.12. The first-order valence-electron chi connectivity index (χ1n) is 7.62. The fraction of sp³-hybridized carbons (Fsp3) is 0.438. The fourth-order valence-electron chi connectivity index (χ4n) is 2.86. The van der Waals surface area contributed by atoms with Crippen LogP contribution in [0.15, 0.2) is 28.7 Å². The Bertz CT molecular complexity index is 742. The highest BCUT2D eigenvalue weighted by molar-refractivity contribution is 5.95. The van der Waals surface area contributed by atoms with Crippen LogP contribution < -0.4 is 0 Å². The summed E-state index contributed by atoms with van der Waals surface area (Å²) in [5, 5.41) is 6.58. The Kier molecular flexibility index (Phi) is 4.29. The van der Waals surface area contributed by atoms with Gasteiger partial charge in [-0.05, 0) is 31.4 Å². The van der Waals surface area contributed by atoms with Gasteiger partial charge in [-0.25, -0.2) is 0 Å². The highest BCUT2D eigenvalue weighted by Crippen LogP contribution is 2.32. The SMILES string of the molecule is Cc1ccccc1C(=O)N1CCCC(c2nnc(C(F)(F)F)o2)C1. The summed E-state index contributed by atoms with van der Waals surface area (Å²) in [6.07, 6.45) is -3.38. The van der Waals surface area contributed by atoms with Gasteiger partial charge in [0, 0.05) is 18.7 Å². The van der Waals surface area contributed by atoms with Gasteiger partial charge in [0.1, 0.15) is 0 Å². The van der Waals surface area contributed by atoms with Crippen LogP contribution in [0.3, 0.4) is 0 Å². The minimum Gasteiger partial charge on any atom is -0.417 e. The molecule has 1 unspecified atom stereocenters. The number of piperidine rings is 1. The molecule has 1 aliphatic rings. The van der Waals surface area contributed by atoms with E-state index in [0.29, 0.717) is 24.9 Å². The van der Waals surface area contributed by atoms with Gasteiger partial charge in [-0.2, -0.15) is 13.2 Å². The lowest BCUT2D eigenvalue weighted by atomic mass is 9.97. The van der Waals surface area contributed by atoms with Crippen molar-refractivity contribution in [3.8, 4) is 0 Å². The van der Waals surface area contributed by atoms with Gasteiger partial charge in [-0.3, -0.25) is 4.79 Å². The number of hydrogen-bond acceptors (Lipinski definition) is 4. The first kappa shape index (κ1) is 16.5. The van der Waals surface area contributed by atoms with E-state index in [1.807, 2.05) is 19.1 Å². The molecule has 1 fully saturated rings. The van der Waals surface area contributed by atoms with Crippen LogP contribution in [0.2, 0.25) is 0 Å². The number of amides is 1. The third kappa shape index (κ3) is 3.27. The maximum atomic E-state index is 12.6. The fourth-order valence-corrected chi connectivity index (χ4v) is 2.86. The minimum atomic E-state index is -4.66. The van der Waals surface area contributed by atoms with E-state index in [9.17, 15) is 18.0 Å². The Morgan fingerprint density at radius 3 is 2.71 bits per heavy atom. The van der Waals surface area contributed by atoms with Gasteiger partial charge in [0.25, 0.3) is 5.91 Å². The highest BCUT2D eigenvalue weighted by Gasteiger charge is 2.39. The summed E-state index contributed by atoms with van der Waals surface area (Å²) < 4.78 is 42.5. The molecule has 2 heterocycles. The predicted molar refractivity (Wildman–Crippen MR) is 78.4 cm³/mol. The Labute approximate surface area is 136 Å². The zero-order valence-corrected chi connectivity index (χ0v) is 13.0. The number of likely N-dealkylation sites (tertiary alicyclic amines) is 1. The Morgan fingerprint density at radius 1 is 1.29 bits per heavy atom. The number of carbonyl (C=O) groups excluding carboxylic acids is 1. The number of rotatable bonds is 2. The number of aryl methyl sites for hydroxylation is 1. The molecule has 0 spiro atoms. The van der Waals surface area contributed by atoms with Gasteiger partial charge < -0.3 is 9.32 Å². The molecule has 128 valence electrons. The van der Waals surface area contributed by atoms with E-state index in [1.54, 1.807) is 17.0 Å². The van der Waals surface area contributed by atoms with Gasteiger partial charge in [0.15, 0.2) is 0 Å². The average molecular weight is 339 g/mol. The zero-order chi connectivity index (χ0) is 17.3. The maximum Gasteiger partial charge on any atom is 0.470 e. The summed E-state index contributed by atoms with van der Waals surface area (Å²) in [5.41, 5.74) is 1.46. The van der Waals surface area contributed by atoms with E-state index < -0.39 is 12.1 Å². The zero-order valence-electron chi connectivity index (χ0n) is 13.0. The van der Waals surface area contributed by atoms with Gasteiger partial charge >= 0.3 is 12.1 Å². The molecule has 5 nitrogen and oxygen atoms in total. The van der Waals surface area contributed by atoms with Crippen molar-refractivity contribution in [2.24, 2.45) is 0 Å². The van der Waals surface area contributed by atoms with Crippen molar-refractivity contribution in [1.82, 2.24) is 15.1 Å². The Hall–Kier alpha value is -2.38. The lowest BCUT2D eigenvalue weighted by molar-refractivity contribution is -0.157. The molecule has 1 saturated heterocycles. The molecule has 1 aliphatic heterocycles. The highest BCUT2D eigenvalue weighted by atomic mass is 19.4. The van der Waals surface area contributed by atoms with Crippen LogP contribution in [0.25, 0.3) is 0 Å². The van der Waals surface area contributed by atoms with E-state index in [2.05, 4.69) is 10.2 Å². The summed E-state index contributed by atoms with van der Waals surface area (Å²) in [6.45, 7) is 2.68. The molecule has 0 bridgehead atoms. The number of aromatic nitrogens is 2. The molecular weight excluding hydrogens is 323 g/mol. The van der Waals surface area contributed by atoms with Crippen molar-refractivity contribution < 1.29 is 22.4 Å². The molecule has 0 N–H and O–H groups in total. The topological polar surface area (TPSA) is 59.2 Å². The van der Waals surface area contributed by atoms with Crippen molar-refractivity contribution in [2.75, 3.05) is 13.1 Å². The van der Waals surface area contributed by atoms with E-state index in [0.717, 1.165) is 5.56 Å². The number of benzene rings is 1. The molecule has 8 heteroatoms. The molecule has 1 aromatic carbocycles. The normalized spacial score (nSPS) is 18.7.